The molecule has 0 aromatic heterocycles. The zero-order chi connectivity index (χ0) is 19.3. The lowest BCUT2D eigenvalue weighted by atomic mass is 9.68. The van der Waals surface area contributed by atoms with Crippen molar-refractivity contribution in [2.75, 3.05) is 0 Å². The molecule has 0 spiro atoms. The Bertz CT molecular complexity index is 869. The molecule has 3 rings (SSSR count). The van der Waals surface area contributed by atoms with E-state index in [1.165, 1.54) is 12.1 Å². The van der Waals surface area contributed by atoms with Gasteiger partial charge in [0.15, 0.2) is 11.9 Å². The third kappa shape index (κ3) is 2.64. The summed E-state index contributed by atoms with van der Waals surface area (Å²) in [6.45, 7) is 3.76. The number of nitrogens with zero attached hydrogens (tertiary/aromatic N) is 2. The Morgan fingerprint density at radius 1 is 1.12 bits per heavy atom. The van der Waals surface area contributed by atoms with Crippen LogP contribution in [0.15, 0.2) is 35.6 Å². The number of alkyl halides is 3. The summed E-state index contributed by atoms with van der Waals surface area (Å²) in [5, 5.41) is 19.4. The topological polar surface area (TPSA) is 73.9 Å². The molecule has 1 aromatic carbocycles. The summed E-state index contributed by atoms with van der Waals surface area (Å²) in [7, 11) is 0. The first kappa shape index (κ1) is 18.0. The van der Waals surface area contributed by atoms with Gasteiger partial charge in [0.05, 0.1) is 23.3 Å². The summed E-state index contributed by atoms with van der Waals surface area (Å²) >= 11 is 0. The van der Waals surface area contributed by atoms with Gasteiger partial charge < -0.3 is 4.74 Å². The van der Waals surface area contributed by atoms with Crippen LogP contribution in [0, 0.1) is 33.5 Å². The van der Waals surface area contributed by atoms with Crippen molar-refractivity contribution in [3.8, 4) is 12.1 Å². The highest BCUT2D eigenvalue weighted by Crippen LogP contribution is 2.56. The molecule has 134 valence electrons. The van der Waals surface area contributed by atoms with Crippen LogP contribution in [0.25, 0.3) is 0 Å². The van der Waals surface area contributed by atoms with Gasteiger partial charge >= 0.3 is 6.18 Å². The van der Waals surface area contributed by atoms with Crippen LogP contribution in [-0.2, 0) is 15.7 Å². The van der Waals surface area contributed by atoms with E-state index in [4.69, 9.17) is 4.74 Å². The Hall–Kier alpha value is -2.80. The van der Waals surface area contributed by atoms with Crippen molar-refractivity contribution in [1.82, 2.24) is 0 Å². The van der Waals surface area contributed by atoms with Gasteiger partial charge in [0, 0.05) is 12.8 Å². The Morgan fingerprint density at radius 2 is 1.69 bits per heavy atom. The first-order valence-electron chi connectivity index (χ1n) is 7.97. The lowest BCUT2D eigenvalue weighted by Crippen LogP contribution is -2.32. The van der Waals surface area contributed by atoms with Gasteiger partial charge in [-0.2, -0.15) is 23.7 Å². The number of ketones is 1. The van der Waals surface area contributed by atoms with E-state index in [9.17, 15) is 28.5 Å². The Labute approximate surface area is 148 Å². The van der Waals surface area contributed by atoms with E-state index in [0.717, 1.165) is 12.1 Å². The van der Waals surface area contributed by atoms with Crippen LogP contribution in [0.3, 0.4) is 0 Å². The molecule has 0 radical (unpaired) electrons. The standard InChI is InChI=1S/C19H15F3N2O2/c1-17(2)7-13(25)15-14(8-17)26-16(18(15,9-23)10-24)11-3-5-12(6-4-11)19(20,21)22/h3-6,16H,7-8H2,1-2H3. The van der Waals surface area contributed by atoms with Crippen LogP contribution in [-0.4, -0.2) is 5.78 Å². The van der Waals surface area contributed by atoms with Gasteiger partial charge in [-0.05, 0) is 23.1 Å². The molecule has 0 saturated heterocycles. The molecule has 1 aliphatic heterocycles. The summed E-state index contributed by atoms with van der Waals surface area (Å²) in [6.07, 6.45) is -5.06. The number of halogens is 3. The fraction of sp³-hybridized carbons (Fsp3) is 0.421. The minimum atomic E-state index is -4.49. The Morgan fingerprint density at radius 3 is 2.19 bits per heavy atom. The summed E-state index contributed by atoms with van der Waals surface area (Å²) in [5.41, 5.74) is -2.77. The molecule has 1 aromatic rings. The second-order valence-corrected chi connectivity index (χ2v) is 7.39. The number of carbonyl (C=O) groups is 1. The molecule has 1 unspecified atom stereocenters. The summed E-state index contributed by atoms with van der Waals surface area (Å²) in [4.78, 5) is 12.6. The molecule has 0 N–H and O–H groups in total. The van der Waals surface area contributed by atoms with E-state index in [2.05, 4.69) is 0 Å². The van der Waals surface area contributed by atoms with Gasteiger partial charge in [0.1, 0.15) is 5.76 Å². The van der Waals surface area contributed by atoms with Crippen LogP contribution in [0.5, 0.6) is 0 Å². The first-order valence-corrected chi connectivity index (χ1v) is 7.97. The normalized spacial score (nSPS) is 23.7. The molecule has 1 atom stereocenters. The fourth-order valence-corrected chi connectivity index (χ4v) is 3.59. The van der Waals surface area contributed by atoms with Crippen molar-refractivity contribution >= 4 is 5.78 Å². The maximum atomic E-state index is 12.8. The highest BCUT2D eigenvalue weighted by molar-refractivity contribution is 6.00. The van der Waals surface area contributed by atoms with Gasteiger partial charge in [0.25, 0.3) is 0 Å². The molecule has 1 aliphatic carbocycles. The predicted molar refractivity (Wildman–Crippen MR) is 84.0 cm³/mol. The molecular weight excluding hydrogens is 345 g/mol. The Balaban J connectivity index is 2.07. The summed E-state index contributed by atoms with van der Waals surface area (Å²) in [6, 6.07) is 7.90. The second kappa shape index (κ2) is 5.60. The van der Waals surface area contributed by atoms with Gasteiger partial charge in [-0.1, -0.05) is 26.0 Å². The van der Waals surface area contributed by atoms with Crippen LogP contribution < -0.4 is 0 Å². The molecule has 26 heavy (non-hydrogen) atoms. The number of benzene rings is 1. The second-order valence-electron chi connectivity index (χ2n) is 7.39. The molecule has 1 heterocycles. The lowest BCUT2D eigenvalue weighted by Gasteiger charge is -2.29. The number of carbonyl (C=O) groups excluding carboxylic acids is 1. The smallest absolute Gasteiger partial charge is 0.416 e. The lowest BCUT2D eigenvalue weighted by molar-refractivity contribution is -0.137. The molecule has 2 aliphatic rings. The summed E-state index contributed by atoms with van der Waals surface area (Å²) in [5.74, 6) is -0.0343. The van der Waals surface area contributed by atoms with Crippen LogP contribution in [0.1, 0.15) is 43.9 Å². The minimum absolute atomic E-state index is 0.0479. The highest BCUT2D eigenvalue weighted by atomic mass is 19.4. The van der Waals surface area contributed by atoms with Gasteiger partial charge in [0.2, 0.25) is 5.41 Å². The quantitative estimate of drug-likeness (QED) is 0.741. The molecule has 0 fully saturated rings. The fourth-order valence-electron chi connectivity index (χ4n) is 3.59. The maximum Gasteiger partial charge on any atom is 0.416 e. The zero-order valence-electron chi connectivity index (χ0n) is 14.1. The summed E-state index contributed by atoms with van der Waals surface area (Å²) < 4.78 is 44.1. The van der Waals surface area contributed by atoms with Crippen molar-refractivity contribution < 1.29 is 22.7 Å². The average molecular weight is 360 g/mol. The highest BCUT2D eigenvalue weighted by Gasteiger charge is 2.58. The number of hydrogen-bond acceptors (Lipinski definition) is 4. The largest absolute Gasteiger partial charge is 0.486 e. The molecule has 0 bridgehead atoms. The van der Waals surface area contributed by atoms with Crippen molar-refractivity contribution in [2.45, 2.75) is 39.0 Å². The predicted octanol–water partition coefficient (Wildman–Crippen LogP) is 4.45. The monoisotopic (exact) mass is 360 g/mol. The number of rotatable bonds is 1. The van der Waals surface area contributed by atoms with Crippen LogP contribution >= 0.6 is 0 Å². The molecule has 0 amide bonds. The number of nitriles is 2. The van der Waals surface area contributed by atoms with Crippen molar-refractivity contribution in [3.05, 3.63) is 46.7 Å². The van der Waals surface area contributed by atoms with Crippen molar-refractivity contribution in [3.63, 3.8) is 0 Å². The average Bonchev–Trinajstić information content (AvgIpc) is 2.87. The maximum absolute atomic E-state index is 12.8. The Kier molecular flexibility index (Phi) is 3.88. The molecule has 7 heteroatoms. The van der Waals surface area contributed by atoms with E-state index in [-0.39, 0.29) is 28.8 Å². The number of hydrogen-bond donors (Lipinski definition) is 0. The van der Waals surface area contributed by atoms with Gasteiger partial charge in [-0.15, -0.1) is 0 Å². The third-order valence-corrected chi connectivity index (χ3v) is 4.78. The molecule has 4 nitrogen and oxygen atoms in total. The zero-order valence-corrected chi connectivity index (χ0v) is 14.1. The van der Waals surface area contributed by atoms with E-state index >= 15 is 0 Å². The SMILES string of the molecule is CC1(C)CC(=O)C2=C(C1)OC(c1ccc(C(F)(F)F)cc1)C2(C#N)C#N. The molecular formula is C19H15F3N2O2. The number of Topliss-reactive ketones (excluding diaryl/α,β-unsaturated/α-hetero) is 1. The van der Waals surface area contributed by atoms with Crippen LogP contribution in [0.4, 0.5) is 13.2 Å². The van der Waals surface area contributed by atoms with E-state index in [0.29, 0.717) is 12.2 Å². The first-order chi connectivity index (χ1) is 12.0. The molecule has 0 saturated carbocycles. The number of allylic oxidation sites excluding steroid dienone is 1. The van der Waals surface area contributed by atoms with Gasteiger partial charge in [-0.25, -0.2) is 0 Å². The number of ether oxygens (including phenoxy) is 1. The van der Waals surface area contributed by atoms with Crippen molar-refractivity contribution in [1.29, 1.82) is 10.5 Å². The van der Waals surface area contributed by atoms with E-state index < -0.39 is 23.3 Å². The third-order valence-electron chi connectivity index (χ3n) is 4.78. The van der Waals surface area contributed by atoms with Crippen molar-refractivity contribution in [2.24, 2.45) is 10.8 Å². The minimum Gasteiger partial charge on any atom is -0.486 e. The van der Waals surface area contributed by atoms with E-state index in [1.54, 1.807) is 0 Å². The van der Waals surface area contributed by atoms with E-state index in [1.807, 2.05) is 26.0 Å². The van der Waals surface area contributed by atoms with Crippen LogP contribution in [0.2, 0.25) is 0 Å². The van der Waals surface area contributed by atoms with Gasteiger partial charge in [-0.3, -0.25) is 4.79 Å².